The topological polar surface area (TPSA) is 84.7 Å². The minimum Gasteiger partial charge on any atom is -0.464 e. The van der Waals surface area contributed by atoms with Gasteiger partial charge in [-0.15, -0.1) is 0 Å². The number of amides is 2. The molecule has 1 saturated heterocycles. The van der Waals surface area contributed by atoms with Gasteiger partial charge in [-0.25, -0.2) is 9.59 Å². The van der Waals surface area contributed by atoms with E-state index in [2.05, 4.69) is 10.5 Å². The zero-order valence-electron chi connectivity index (χ0n) is 14.2. The van der Waals surface area contributed by atoms with E-state index in [0.717, 1.165) is 36.3 Å². The molecule has 128 valence electrons. The predicted molar refractivity (Wildman–Crippen MR) is 83.9 cm³/mol. The smallest absolute Gasteiger partial charge is 0.328 e. The number of aromatic nitrogens is 1. The van der Waals surface area contributed by atoms with Crippen LogP contribution in [0.25, 0.3) is 0 Å². The summed E-state index contributed by atoms with van der Waals surface area (Å²) in [6.07, 6.45) is 2.53. The van der Waals surface area contributed by atoms with Gasteiger partial charge >= 0.3 is 12.0 Å². The van der Waals surface area contributed by atoms with Crippen LogP contribution >= 0.6 is 0 Å². The van der Waals surface area contributed by atoms with Gasteiger partial charge in [0.15, 0.2) is 0 Å². The quantitative estimate of drug-likeness (QED) is 0.841. The molecule has 7 nitrogen and oxygen atoms in total. The third kappa shape index (κ3) is 3.65. The predicted octanol–water partition coefficient (Wildman–Crippen LogP) is 2.34. The number of esters is 1. The van der Waals surface area contributed by atoms with Gasteiger partial charge in [0.2, 0.25) is 0 Å². The molecule has 2 amide bonds. The number of urea groups is 1. The number of ether oxygens (including phenoxy) is 1. The normalized spacial score (nSPS) is 18.8. The maximum absolute atomic E-state index is 12.5. The fourth-order valence-electron chi connectivity index (χ4n) is 3.01. The Morgan fingerprint density at radius 1 is 1.48 bits per heavy atom. The molecule has 0 aliphatic carbocycles. The van der Waals surface area contributed by atoms with E-state index in [-0.39, 0.29) is 12.1 Å². The number of hydrogen-bond donors (Lipinski definition) is 1. The third-order valence-corrected chi connectivity index (χ3v) is 4.13. The molecule has 0 bridgehead atoms. The maximum atomic E-state index is 12.5. The lowest BCUT2D eigenvalue weighted by molar-refractivity contribution is -0.144. The van der Waals surface area contributed by atoms with Gasteiger partial charge in [0.25, 0.3) is 0 Å². The Bertz CT molecular complexity index is 570. The van der Waals surface area contributed by atoms with E-state index in [4.69, 9.17) is 9.26 Å². The van der Waals surface area contributed by atoms with E-state index < -0.39 is 12.0 Å². The zero-order chi connectivity index (χ0) is 17.0. The summed E-state index contributed by atoms with van der Waals surface area (Å²) >= 11 is 0. The van der Waals surface area contributed by atoms with E-state index >= 15 is 0 Å². The van der Waals surface area contributed by atoms with E-state index in [9.17, 15) is 9.59 Å². The molecule has 2 heterocycles. The van der Waals surface area contributed by atoms with Crippen LogP contribution in [0.1, 0.15) is 56.7 Å². The van der Waals surface area contributed by atoms with Crippen molar-refractivity contribution in [3.63, 3.8) is 0 Å². The lowest BCUT2D eigenvalue weighted by atomic mass is 10.0. The molecule has 0 saturated carbocycles. The van der Waals surface area contributed by atoms with Crippen molar-refractivity contribution in [1.82, 2.24) is 15.4 Å². The van der Waals surface area contributed by atoms with E-state index in [1.54, 1.807) is 18.7 Å². The van der Waals surface area contributed by atoms with Crippen LogP contribution in [-0.2, 0) is 16.0 Å². The van der Waals surface area contributed by atoms with Crippen molar-refractivity contribution in [3.8, 4) is 0 Å². The molecule has 1 fully saturated rings. The minimum absolute atomic E-state index is 0.0504. The number of nitrogens with one attached hydrogen (secondary N) is 1. The molecule has 1 aromatic heterocycles. The van der Waals surface area contributed by atoms with Gasteiger partial charge in [-0.2, -0.15) is 0 Å². The Hall–Kier alpha value is -2.05. The van der Waals surface area contributed by atoms with Gasteiger partial charge in [-0.05, 0) is 33.6 Å². The summed E-state index contributed by atoms with van der Waals surface area (Å²) in [6, 6.07) is -0.973. The lowest BCUT2D eigenvalue weighted by Crippen LogP contribution is -2.47. The maximum Gasteiger partial charge on any atom is 0.328 e. The molecule has 2 rings (SSSR count). The second-order valence-electron chi connectivity index (χ2n) is 5.73. The highest BCUT2D eigenvalue weighted by Gasteiger charge is 2.35. The second-order valence-corrected chi connectivity index (χ2v) is 5.73. The number of aryl methyl sites for hydroxylation is 2. The first-order chi connectivity index (χ1) is 11.0. The first-order valence-electron chi connectivity index (χ1n) is 8.18. The van der Waals surface area contributed by atoms with Crippen molar-refractivity contribution < 1.29 is 18.8 Å². The van der Waals surface area contributed by atoms with E-state index in [1.807, 2.05) is 13.8 Å². The summed E-state index contributed by atoms with van der Waals surface area (Å²) in [5.41, 5.74) is 1.83. The fraction of sp³-hybridized carbons (Fsp3) is 0.688. The van der Waals surface area contributed by atoms with Gasteiger partial charge in [0.05, 0.1) is 18.3 Å². The summed E-state index contributed by atoms with van der Waals surface area (Å²) in [5.74, 6) is 0.401. The summed E-state index contributed by atoms with van der Waals surface area (Å²) < 4.78 is 10.3. The van der Waals surface area contributed by atoms with Gasteiger partial charge in [-0.3, -0.25) is 0 Å². The summed E-state index contributed by atoms with van der Waals surface area (Å²) in [6.45, 7) is 8.22. The number of rotatable bonds is 5. The van der Waals surface area contributed by atoms with Crippen molar-refractivity contribution in [1.29, 1.82) is 0 Å². The van der Waals surface area contributed by atoms with Crippen LogP contribution in [0.4, 0.5) is 4.79 Å². The molecule has 1 aromatic rings. The summed E-state index contributed by atoms with van der Waals surface area (Å²) in [5, 5.41) is 6.75. The number of carbonyl (C=O) groups is 2. The number of likely N-dealkylation sites (tertiary alicyclic amines) is 1. The summed E-state index contributed by atoms with van der Waals surface area (Å²) in [7, 11) is 0. The molecule has 2 atom stereocenters. The van der Waals surface area contributed by atoms with Gasteiger partial charge in [-0.1, -0.05) is 12.1 Å². The second kappa shape index (κ2) is 7.48. The lowest BCUT2D eigenvalue weighted by Gasteiger charge is -2.26. The molecule has 7 heteroatoms. The molecule has 23 heavy (non-hydrogen) atoms. The Kier molecular flexibility index (Phi) is 5.63. The summed E-state index contributed by atoms with van der Waals surface area (Å²) in [4.78, 5) is 26.0. The molecule has 1 N–H and O–H groups in total. The number of hydrogen-bond acceptors (Lipinski definition) is 5. The monoisotopic (exact) mass is 323 g/mol. The van der Waals surface area contributed by atoms with Crippen molar-refractivity contribution in [2.45, 2.75) is 59.0 Å². The van der Waals surface area contributed by atoms with Gasteiger partial charge in [0, 0.05) is 18.5 Å². The van der Waals surface area contributed by atoms with Crippen LogP contribution in [0.3, 0.4) is 0 Å². The average molecular weight is 323 g/mol. The standard InChI is InChI=1S/C16H25N3O4/c1-5-13-14(10(3)18-23-13)12-8-7-9-19(12)16(21)17-11(4)15(20)22-6-2/h11-12H,5-9H2,1-4H3,(H,17,21)/t11-,12+/m0/s1. The highest BCUT2D eigenvalue weighted by molar-refractivity contribution is 5.83. The molecule has 0 unspecified atom stereocenters. The third-order valence-electron chi connectivity index (χ3n) is 4.13. The van der Waals surface area contributed by atoms with Crippen LogP contribution in [0.2, 0.25) is 0 Å². The van der Waals surface area contributed by atoms with Crippen molar-refractivity contribution >= 4 is 12.0 Å². The van der Waals surface area contributed by atoms with E-state index in [0.29, 0.717) is 13.2 Å². The Morgan fingerprint density at radius 3 is 2.87 bits per heavy atom. The van der Waals surface area contributed by atoms with Crippen LogP contribution in [0.5, 0.6) is 0 Å². The van der Waals surface area contributed by atoms with Crippen molar-refractivity contribution in [2.75, 3.05) is 13.2 Å². The zero-order valence-corrected chi connectivity index (χ0v) is 14.2. The van der Waals surface area contributed by atoms with Crippen LogP contribution in [-0.4, -0.2) is 41.3 Å². The average Bonchev–Trinajstić information content (AvgIpc) is 3.12. The van der Waals surface area contributed by atoms with Gasteiger partial charge in [0.1, 0.15) is 11.8 Å². The molecular formula is C16H25N3O4. The minimum atomic E-state index is -0.669. The molecule has 0 spiro atoms. The Labute approximate surface area is 136 Å². The first kappa shape index (κ1) is 17.3. The highest BCUT2D eigenvalue weighted by Crippen LogP contribution is 2.35. The number of nitrogens with zero attached hydrogens (tertiary/aromatic N) is 2. The Morgan fingerprint density at radius 2 is 2.22 bits per heavy atom. The van der Waals surface area contributed by atoms with E-state index in [1.165, 1.54) is 0 Å². The van der Waals surface area contributed by atoms with Gasteiger partial charge < -0.3 is 19.5 Å². The number of carbonyl (C=O) groups excluding carboxylic acids is 2. The fourth-order valence-corrected chi connectivity index (χ4v) is 3.01. The van der Waals surface area contributed by atoms with Crippen molar-refractivity contribution in [3.05, 3.63) is 17.0 Å². The van der Waals surface area contributed by atoms with Crippen LogP contribution in [0.15, 0.2) is 4.52 Å². The molecule has 1 aliphatic heterocycles. The first-order valence-corrected chi connectivity index (χ1v) is 8.18. The molecular weight excluding hydrogens is 298 g/mol. The largest absolute Gasteiger partial charge is 0.464 e. The highest BCUT2D eigenvalue weighted by atomic mass is 16.5. The van der Waals surface area contributed by atoms with Crippen molar-refractivity contribution in [2.24, 2.45) is 0 Å². The Balaban J connectivity index is 2.10. The van der Waals surface area contributed by atoms with Crippen LogP contribution in [0, 0.1) is 6.92 Å². The van der Waals surface area contributed by atoms with Crippen LogP contribution < -0.4 is 5.32 Å². The SMILES string of the molecule is CCOC(=O)[C@H](C)NC(=O)N1CCC[C@@H]1c1c(C)noc1CC. The molecule has 0 radical (unpaired) electrons. The molecule has 0 aromatic carbocycles. The molecule has 1 aliphatic rings.